The summed E-state index contributed by atoms with van der Waals surface area (Å²) in [6.07, 6.45) is 2.20. The van der Waals surface area contributed by atoms with E-state index in [1.807, 2.05) is 6.92 Å². The van der Waals surface area contributed by atoms with Crippen molar-refractivity contribution in [2.75, 3.05) is 12.4 Å². The molecule has 1 aromatic carbocycles. The summed E-state index contributed by atoms with van der Waals surface area (Å²) >= 11 is 0. The Morgan fingerprint density at radius 2 is 1.81 bits per heavy atom. The number of unbranched alkanes of at least 4 members (excludes halogenated alkanes) is 2. The van der Waals surface area contributed by atoms with Gasteiger partial charge in [-0.15, -0.1) is 0 Å². The molecule has 1 rings (SSSR count). The molecule has 21 heavy (non-hydrogen) atoms. The van der Waals surface area contributed by atoms with Gasteiger partial charge in [-0.05, 0) is 48.8 Å². The maximum atomic E-state index is 10.8. The third kappa shape index (κ3) is 7.18. The Labute approximate surface area is 133 Å². The minimum Gasteiger partial charge on any atom is -0.493 e. The molecule has 0 aliphatic rings. The first-order valence-corrected chi connectivity index (χ1v) is 9.74. The second-order valence-electron chi connectivity index (χ2n) is 6.40. The van der Waals surface area contributed by atoms with E-state index >= 15 is 0 Å². The molecule has 0 spiro atoms. The normalized spacial score (nSPS) is 12.4. The Balaban J connectivity index is 2.50. The van der Waals surface area contributed by atoms with Crippen LogP contribution in [0.5, 0.6) is 5.75 Å². The Morgan fingerprint density at radius 3 is 2.38 bits per heavy atom. The van der Waals surface area contributed by atoms with E-state index in [-0.39, 0.29) is 11.2 Å². The van der Waals surface area contributed by atoms with Crippen LogP contribution in [-0.4, -0.2) is 20.8 Å². The van der Waals surface area contributed by atoms with Gasteiger partial charge < -0.3 is 4.74 Å². The zero-order valence-corrected chi connectivity index (χ0v) is 14.9. The molecule has 5 heteroatoms. The van der Waals surface area contributed by atoms with Gasteiger partial charge in [-0.1, -0.05) is 32.9 Å². The van der Waals surface area contributed by atoms with Crippen molar-refractivity contribution >= 4 is 19.7 Å². The number of halogens is 1. The highest BCUT2D eigenvalue weighted by molar-refractivity contribution is 8.13. The fourth-order valence-corrected chi connectivity index (χ4v) is 2.98. The van der Waals surface area contributed by atoms with Crippen molar-refractivity contribution in [1.82, 2.24) is 0 Å². The molecule has 3 nitrogen and oxygen atoms in total. The van der Waals surface area contributed by atoms with E-state index in [1.54, 1.807) is 0 Å². The molecule has 0 amide bonds. The smallest absolute Gasteiger partial charge is 0.232 e. The summed E-state index contributed by atoms with van der Waals surface area (Å²) in [6.45, 7) is 9.13. The summed E-state index contributed by atoms with van der Waals surface area (Å²) in [6, 6.07) is 6.27. The molecule has 0 aliphatic carbocycles. The van der Waals surface area contributed by atoms with E-state index in [4.69, 9.17) is 15.4 Å². The van der Waals surface area contributed by atoms with Crippen LogP contribution in [0.3, 0.4) is 0 Å². The average Bonchev–Trinajstić information content (AvgIpc) is 2.30. The van der Waals surface area contributed by atoms with Crippen LogP contribution in [0.15, 0.2) is 18.2 Å². The van der Waals surface area contributed by atoms with Gasteiger partial charge in [0.25, 0.3) is 0 Å². The zero-order valence-electron chi connectivity index (χ0n) is 13.3. The molecule has 0 aliphatic heterocycles. The molecule has 0 fully saturated rings. The molecule has 0 bridgehead atoms. The van der Waals surface area contributed by atoms with E-state index in [2.05, 4.69) is 39.0 Å². The minimum absolute atomic E-state index is 0.0340. The molecule has 0 atom stereocenters. The lowest BCUT2D eigenvalue weighted by atomic mass is 9.86. The van der Waals surface area contributed by atoms with Crippen LogP contribution in [0.4, 0.5) is 0 Å². The maximum Gasteiger partial charge on any atom is 0.232 e. The molecule has 0 N–H and O–H groups in total. The second kappa shape index (κ2) is 7.50. The van der Waals surface area contributed by atoms with Crippen molar-refractivity contribution in [3.05, 3.63) is 29.3 Å². The van der Waals surface area contributed by atoms with E-state index in [1.165, 1.54) is 11.1 Å². The lowest BCUT2D eigenvalue weighted by Crippen LogP contribution is -2.14. The predicted molar refractivity (Wildman–Crippen MR) is 88.9 cm³/mol. The number of ether oxygens (including phenoxy) is 1. The molecule has 0 saturated heterocycles. The Morgan fingerprint density at radius 1 is 1.14 bits per heavy atom. The molecule has 0 radical (unpaired) electrons. The first kappa shape index (κ1) is 18.3. The molecule has 1 aromatic rings. The summed E-state index contributed by atoms with van der Waals surface area (Å²) < 4.78 is 27.5. The average molecular weight is 333 g/mol. The number of benzene rings is 1. The summed E-state index contributed by atoms with van der Waals surface area (Å²) in [5.74, 6) is 0.958. The van der Waals surface area contributed by atoms with Crippen molar-refractivity contribution in [1.29, 1.82) is 0 Å². The van der Waals surface area contributed by atoms with Crippen LogP contribution in [0.1, 0.15) is 51.2 Å². The van der Waals surface area contributed by atoms with Crippen molar-refractivity contribution in [3.63, 3.8) is 0 Å². The Bertz CT molecular complexity index is 559. The highest BCUT2D eigenvalue weighted by atomic mass is 35.7. The summed E-state index contributed by atoms with van der Waals surface area (Å²) in [7, 11) is 1.81. The molecule has 0 heterocycles. The van der Waals surface area contributed by atoms with Crippen molar-refractivity contribution in [2.24, 2.45) is 0 Å². The van der Waals surface area contributed by atoms with Crippen LogP contribution in [0.25, 0.3) is 0 Å². The summed E-state index contributed by atoms with van der Waals surface area (Å²) in [4.78, 5) is 0. The van der Waals surface area contributed by atoms with Crippen LogP contribution in [0, 0.1) is 6.92 Å². The Hall–Kier alpha value is -0.740. The van der Waals surface area contributed by atoms with Gasteiger partial charge in [0.15, 0.2) is 0 Å². The van der Waals surface area contributed by atoms with Crippen molar-refractivity contribution in [2.45, 2.75) is 52.4 Å². The first-order chi connectivity index (χ1) is 9.59. The van der Waals surface area contributed by atoms with Gasteiger partial charge in [-0.2, -0.15) is 0 Å². The van der Waals surface area contributed by atoms with E-state index in [9.17, 15) is 8.42 Å². The fourth-order valence-electron chi connectivity index (χ4n) is 2.10. The van der Waals surface area contributed by atoms with Crippen LogP contribution >= 0.6 is 10.7 Å². The molecule has 0 saturated carbocycles. The standard InChI is InChI=1S/C16H25ClO3S/c1-13-8-9-14(16(2,3)4)15(12-13)20-10-6-5-7-11-21(17,18)19/h8-9,12H,5-7,10-11H2,1-4H3. The third-order valence-corrected chi connectivity index (χ3v) is 4.47. The van der Waals surface area contributed by atoms with Crippen molar-refractivity contribution in [3.8, 4) is 5.75 Å². The van der Waals surface area contributed by atoms with Gasteiger partial charge in [0.1, 0.15) is 5.75 Å². The number of rotatable bonds is 7. The van der Waals surface area contributed by atoms with E-state index < -0.39 is 9.05 Å². The van der Waals surface area contributed by atoms with E-state index in [0.29, 0.717) is 13.0 Å². The van der Waals surface area contributed by atoms with Crippen LogP contribution in [-0.2, 0) is 14.5 Å². The molecule has 0 aromatic heterocycles. The van der Waals surface area contributed by atoms with Gasteiger partial charge >= 0.3 is 0 Å². The monoisotopic (exact) mass is 332 g/mol. The lowest BCUT2D eigenvalue weighted by Gasteiger charge is -2.23. The van der Waals surface area contributed by atoms with Crippen molar-refractivity contribution < 1.29 is 13.2 Å². The van der Waals surface area contributed by atoms with Gasteiger partial charge in [0, 0.05) is 10.7 Å². The molecule has 120 valence electrons. The predicted octanol–water partition coefficient (Wildman–Crippen LogP) is 4.41. The van der Waals surface area contributed by atoms with Gasteiger partial charge in [-0.3, -0.25) is 0 Å². The van der Waals surface area contributed by atoms with Gasteiger partial charge in [0.2, 0.25) is 9.05 Å². The lowest BCUT2D eigenvalue weighted by molar-refractivity contribution is 0.298. The third-order valence-electron chi connectivity index (χ3n) is 3.24. The fraction of sp³-hybridized carbons (Fsp3) is 0.625. The summed E-state index contributed by atoms with van der Waals surface area (Å²) in [5.41, 5.74) is 2.40. The zero-order chi connectivity index (χ0) is 16.1. The molecular formula is C16H25ClO3S. The van der Waals surface area contributed by atoms with Crippen LogP contribution in [0.2, 0.25) is 0 Å². The quantitative estimate of drug-likeness (QED) is 0.548. The van der Waals surface area contributed by atoms with Gasteiger partial charge in [-0.25, -0.2) is 8.42 Å². The second-order valence-corrected chi connectivity index (χ2v) is 9.30. The highest BCUT2D eigenvalue weighted by Crippen LogP contribution is 2.32. The largest absolute Gasteiger partial charge is 0.493 e. The number of hydrogen-bond acceptors (Lipinski definition) is 3. The highest BCUT2D eigenvalue weighted by Gasteiger charge is 2.18. The number of hydrogen-bond donors (Lipinski definition) is 0. The summed E-state index contributed by atoms with van der Waals surface area (Å²) in [5, 5.41) is 0. The maximum absolute atomic E-state index is 10.8. The van der Waals surface area contributed by atoms with E-state index in [0.717, 1.165) is 18.6 Å². The van der Waals surface area contributed by atoms with Gasteiger partial charge in [0.05, 0.1) is 12.4 Å². The first-order valence-electron chi connectivity index (χ1n) is 7.26. The number of aryl methyl sites for hydroxylation is 1. The molecular weight excluding hydrogens is 308 g/mol. The Kier molecular flexibility index (Phi) is 6.54. The topological polar surface area (TPSA) is 43.4 Å². The SMILES string of the molecule is Cc1ccc(C(C)(C)C)c(OCCCCCS(=O)(=O)Cl)c1. The van der Waals surface area contributed by atoms with Crippen LogP contribution < -0.4 is 4.74 Å². The minimum atomic E-state index is -3.36. The molecule has 0 unspecified atom stereocenters.